The first-order valence-electron chi connectivity index (χ1n) is 10.1. The molecule has 4 aromatic rings. The first-order chi connectivity index (χ1) is 15.0. The van der Waals surface area contributed by atoms with E-state index in [1.54, 1.807) is 19.2 Å². The molecule has 1 atom stereocenters. The number of aromatic nitrogens is 2. The van der Waals surface area contributed by atoms with E-state index < -0.39 is 0 Å². The number of ether oxygens (including phenoxy) is 1. The highest BCUT2D eigenvalue weighted by Gasteiger charge is 2.22. The van der Waals surface area contributed by atoms with Gasteiger partial charge >= 0.3 is 0 Å². The Morgan fingerprint density at radius 3 is 2.74 bits per heavy atom. The van der Waals surface area contributed by atoms with Crippen molar-refractivity contribution in [1.29, 1.82) is 0 Å². The van der Waals surface area contributed by atoms with Crippen LogP contribution in [0.1, 0.15) is 34.7 Å². The van der Waals surface area contributed by atoms with Crippen LogP contribution in [0.5, 0.6) is 5.75 Å². The maximum Gasteiger partial charge on any atom is 0.221 e. The van der Waals surface area contributed by atoms with Crippen LogP contribution >= 0.6 is 0 Å². The normalized spacial score (nSPS) is 12.0. The van der Waals surface area contributed by atoms with Gasteiger partial charge in [-0.05, 0) is 53.9 Å². The summed E-state index contributed by atoms with van der Waals surface area (Å²) in [7, 11) is 1.63. The summed E-state index contributed by atoms with van der Waals surface area (Å²) in [6.45, 7) is 2.36. The van der Waals surface area contributed by atoms with Crippen LogP contribution in [0.25, 0.3) is 5.65 Å². The van der Waals surface area contributed by atoms with E-state index >= 15 is 0 Å². The summed E-state index contributed by atoms with van der Waals surface area (Å²) < 4.78 is 20.5. The Balaban J connectivity index is 1.62. The standard InChI is InChI=1S/C25H24FN3O2/c1-17-5-4-12-29-23(16-28-25(17)29)22(19-6-3-7-21(13-19)31-2)14-24(30)27-15-18-8-10-20(26)11-9-18/h3-13,16,22H,14-15H2,1-2H3,(H,27,30)/t22-/m1/s1. The number of benzene rings is 2. The van der Waals surface area contributed by atoms with Gasteiger partial charge < -0.3 is 14.5 Å². The zero-order valence-corrected chi connectivity index (χ0v) is 17.5. The van der Waals surface area contributed by atoms with Gasteiger partial charge in [-0.2, -0.15) is 0 Å². The number of nitrogens with zero attached hydrogens (tertiary/aromatic N) is 2. The number of amides is 1. The van der Waals surface area contributed by atoms with E-state index in [9.17, 15) is 9.18 Å². The molecule has 2 aromatic heterocycles. The average Bonchev–Trinajstić information content (AvgIpc) is 3.22. The molecular formula is C25H24FN3O2. The summed E-state index contributed by atoms with van der Waals surface area (Å²) in [4.78, 5) is 17.5. The van der Waals surface area contributed by atoms with Crippen molar-refractivity contribution in [1.82, 2.24) is 14.7 Å². The number of hydrogen-bond donors (Lipinski definition) is 1. The maximum atomic E-state index is 13.1. The van der Waals surface area contributed by atoms with Gasteiger partial charge in [0, 0.05) is 31.3 Å². The van der Waals surface area contributed by atoms with Crippen LogP contribution < -0.4 is 10.1 Å². The molecule has 0 saturated heterocycles. The molecule has 2 aromatic carbocycles. The van der Waals surface area contributed by atoms with Crippen molar-refractivity contribution in [2.24, 2.45) is 0 Å². The number of fused-ring (bicyclic) bond motifs is 1. The molecule has 158 valence electrons. The van der Waals surface area contributed by atoms with E-state index in [0.29, 0.717) is 6.54 Å². The Morgan fingerprint density at radius 2 is 1.97 bits per heavy atom. The number of aryl methyl sites for hydroxylation is 1. The largest absolute Gasteiger partial charge is 0.497 e. The Bertz CT molecular complexity index is 1200. The van der Waals surface area contributed by atoms with Gasteiger partial charge in [0.05, 0.1) is 12.8 Å². The smallest absolute Gasteiger partial charge is 0.221 e. The summed E-state index contributed by atoms with van der Waals surface area (Å²) >= 11 is 0. The van der Waals surface area contributed by atoms with Crippen LogP contribution in [0.2, 0.25) is 0 Å². The van der Waals surface area contributed by atoms with Crippen LogP contribution in [0.15, 0.2) is 73.1 Å². The van der Waals surface area contributed by atoms with Gasteiger partial charge in [-0.3, -0.25) is 4.79 Å². The molecule has 6 heteroatoms. The number of nitrogens with one attached hydrogen (secondary N) is 1. The quantitative estimate of drug-likeness (QED) is 0.477. The molecule has 0 bridgehead atoms. The second-order valence-electron chi connectivity index (χ2n) is 7.50. The van der Waals surface area contributed by atoms with E-state index in [4.69, 9.17) is 4.74 Å². The van der Waals surface area contributed by atoms with Crippen molar-refractivity contribution < 1.29 is 13.9 Å². The molecule has 0 aliphatic rings. The molecule has 2 heterocycles. The second-order valence-corrected chi connectivity index (χ2v) is 7.50. The molecule has 0 fully saturated rings. The van der Waals surface area contributed by atoms with Gasteiger partial charge in [0.15, 0.2) is 0 Å². The van der Waals surface area contributed by atoms with Gasteiger partial charge in [0.2, 0.25) is 5.91 Å². The van der Waals surface area contributed by atoms with Gasteiger partial charge in [0.1, 0.15) is 17.2 Å². The fourth-order valence-corrected chi connectivity index (χ4v) is 3.74. The molecule has 4 rings (SSSR count). The number of carbonyl (C=O) groups excluding carboxylic acids is 1. The summed E-state index contributed by atoms with van der Waals surface area (Å²) in [5.41, 5.74) is 4.69. The topological polar surface area (TPSA) is 55.6 Å². The Kier molecular flexibility index (Phi) is 5.98. The van der Waals surface area contributed by atoms with E-state index in [0.717, 1.165) is 33.8 Å². The third kappa shape index (κ3) is 4.58. The van der Waals surface area contributed by atoms with Crippen LogP contribution in [-0.4, -0.2) is 22.4 Å². The minimum atomic E-state index is -0.295. The molecule has 0 spiro atoms. The fourth-order valence-electron chi connectivity index (χ4n) is 3.74. The van der Waals surface area contributed by atoms with Crippen molar-refractivity contribution in [2.45, 2.75) is 25.8 Å². The van der Waals surface area contributed by atoms with Crippen molar-refractivity contribution in [3.05, 3.63) is 101 Å². The lowest BCUT2D eigenvalue weighted by Gasteiger charge is -2.18. The summed E-state index contributed by atoms with van der Waals surface area (Å²) in [5.74, 6) is 0.134. The predicted molar refractivity (Wildman–Crippen MR) is 118 cm³/mol. The fraction of sp³-hybridized carbons (Fsp3) is 0.200. The van der Waals surface area contributed by atoms with Gasteiger partial charge in [-0.1, -0.05) is 30.3 Å². The molecule has 1 amide bonds. The number of pyridine rings is 1. The highest BCUT2D eigenvalue weighted by Crippen LogP contribution is 2.31. The Labute approximate surface area is 180 Å². The Hall–Kier alpha value is -3.67. The van der Waals surface area contributed by atoms with Crippen LogP contribution in [-0.2, 0) is 11.3 Å². The minimum Gasteiger partial charge on any atom is -0.497 e. The van der Waals surface area contributed by atoms with Gasteiger partial charge in [0.25, 0.3) is 0 Å². The highest BCUT2D eigenvalue weighted by atomic mass is 19.1. The summed E-state index contributed by atoms with van der Waals surface area (Å²) in [5, 5.41) is 2.95. The monoisotopic (exact) mass is 417 g/mol. The molecule has 0 unspecified atom stereocenters. The van der Waals surface area contributed by atoms with E-state index in [1.165, 1.54) is 12.1 Å². The molecule has 0 aliphatic carbocycles. The van der Waals surface area contributed by atoms with Crippen molar-refractivity contribution in [2.75, 3.05) is 7.11 Å². The lowest BCUT2D eigenvalue weighted by atomic mass is 9.92. The maximum absolute atomic E-state index is 13.1. The zero-order chi connectivity index (χ0) is 21.8. The lowest BCUT2D eigenvalue weighted by Crippen LogP contribution is -2.25. The van der Waals surface area contributed by atoms with Crippen molar-refractivity contribution in [3.8, 4) is 5.75 Å². The summed E-state index contributed by atoms with van der Waals surface area (Å²) in [6.07, 6.45) is 4.05. The van der Waals surface area contributed by atoms with Crippen LogP contribution in [0.3, 0.4) is 0 Å². The predicted octanol–water partition coefficient (Wildman–Crippen LogP) is 4.63. The third-order valence-electron chi connectivity index (χ3n) is 5.41. The van der Waals surface area contributed by atoms with E-state index in [-0.39, 0.29) is 24.1 Å². The SMILES string of the molecule is COc1cccc([C@@H](CC(=O)NCc2ccc(F)cc2)c2cnc3c(C)cccn23)c1. The van der Waals surface area contributed by atoms with E-state index in [1.807, 2.05) is 60.1 Å². The number of rotatable bonds is 7. The Morgan fingerprint density at radius 1 is 1.16 bits per heavy atom. The number of methoxy groups -OCH3 is 1. The van der Waals surface area contributed by atoms with Gasteiger partial charge in [-0.15, -0.1) is 0 Å². The third-order valence-corrected chi connectivity index (χ3v) is 5.41. The molecule has 0 radical (unpaired) electrons. The van der Waals surface area contributed by atoms with E-state index in [2.05, 4.69) is 10.3 Å². The first kappa shape index (κ1) is 20.6. The molecule has 1 N–H and O–H groups in total. The van der Waals surface area contributed by atoms with Gasteiger partial charge in [-0.25, -0.2) is 9.37 Å². The van der Waals surface area contributed by atoms with Crippen LogP contribution in [0.4, 0.5) is 4.39 Å². The lowest BCUT2D eigenvalue weighted by molar-refractivity contribution is -0.121. The average molecular weight is 417 g/mol. The second kappa shape index (κ2) is 9.00. The van der Waals surface area contributed by atoms with Crippen LogP contribution in [0, 0.1) is 12.7 Å². The molecule has 31 heavy (non-hydrogen) atoms. The molecule has 0 aliphatic heterocycles. The number of carbonyl (C=O) groups is 1. The van der Waals surface area contributed by atoms with Crippen molar-refractivity contribution >= 4 is 11.6 Å². The summed E-state index contributed by atoms with van der Waals surface area (Å²) in [6, 6.07) is 17.9. The number of halogens is 1. The number of hydrogen-bond acceptors (Lipinski definition) is 3. The van der Waals surface area contributed by atoms with Crippen molar-refractivity contribution in [3.63, 3.8) is 0 Å². The minimum absolute atomic E-state index is 0.0975. The number of imidazole rings is 1. The zero-order valence-electron chi connectivity index (χ0n) is 17.5. The first-order valence-corrected chi connectivity index (χ1v) is 10.1. The molecule has 5 nitrogen and oxygen atoms in total. The highest BCUT2D eigenvalue weighted by molar-refractivity contribution is 5.77. The molecule has 0 saturated carbocycles. The molecular weight excluding hydrogens is 393 g/mol.